The number of aromatic nitrogens is 4. The third kappa shape index (κ3) is 3.44. The van der Waals surface area contributed by atoms with Gasteiger partial charge in [-0.2, -0.15) is 10.1 Å². The summed E-state index contributed by atoms with van der Waals surface area (Å²) in [5, 5.41) is 5.94. The predicted molar refractivity (Wildman–Crippen MR) is 119 cm³/mol. The van der Waals surface area contributed by atoms with Crippen LogP contribution >= 0.6 is 11.6 Å². The van der Waals surface area contributed by atoms with E-state index in [1.165, 1.54) is 4.90 Å². The average molecular weight is 435 g/mol. The van der Waals surface area contributed by atoms with E-state index in [4.69, 9.17) is 16.3 Å². The fraction of sp³-hybridized carbons (Fsp3) is 0.182. The number of carbonyl (C=O) groups is 1. The van der Waals surface area contributed by atoms with Crippen LogP contribution in [0.1, 0.15) is 12.6 Å². The molecule has 156 valence electrons. The predicted octanol–water partition coefficient (Wildman–Crippen LogP) is 4.69. The Balaban J connectivity index is 1.63. The molecule has 0 fully saturated rings. The highest BCUT2D eigenvalue weighted by Crippen LogP contribution is 2.36. The molecule has 0 N–H and O–H groups in total. The van der Waals surface area contributed by atoms with E-state index in [0.29, 0.717) is 41.3 Å². The quantitative estimate of drug-likeness (QED) is 0.465. The summed E-state index contributed by atoms with van der Waals surface area (Å²) in [6.07, 6.45) is 3.51. The van der Waals surface area contributed by atoms with Crippen molar-refractivity contribution in [1.29, 1.82) is 0 Å². The molecule has 2 aromatic carbocycles. The van der Waals surface area contributed by atoms with E-state index in [-0.39, 0.29) is 6.03 Å². The van der Waals surface area contributed by atoms with Crippen LogP contribution in [-0.4, -0.2) is 32.4 Å². The first kappa shape index (κ1) is 19.3. The number of hydrogen-bond donors (Lipinski definition) is 0. The zero-order valence-corrected chi connectivity index (χ0v) is 17.7. The number of rotatable bonds is 4. The molecule has 1 aliphatic rings. The molecule has 31 heavy (non-hydrogen) atoms. The average Bonchev–Trinajstić information content (AvgIpc) is 3.14. The van der Waals surface area contributed by atoms with Gasteiger partial charge in [-0.25, -0.2) is 14.7 Å². The standard InChI is InChI=1S/C22H19ClN6O2/c1-3-31-20-11-24-19-13-28(17-8-9-18-14(10-17)12-27(2)26-18)22(30)29(21(19)25-20)16-6-4-15(23)5-7-16/h4-12H,3,13H2,1-2H3. The number of hydrogen-bond acceptors (Lipinski definition) is 5. The van der Waals surface area contributed by atoms with E-state index in [2.05, 4.69) is 15.1 Å². The molecule has 5 rings (SSSR count). The van der Waals surface area contributed by atoms with Gasteiger partial charge in [-0.3, -0.25) is 9.58 Å². The fourth-order valence-electron chi connectivity index (χ4n) is 3.65. The number of nitrogens with zero attached hydrogens (tertiary/aromatic N) is 6. The molecule has 0 atom stereocenters. The normalized spacial score (nSPS) is 13.6. The summed E-state index contributed by atoms with van der Waals surface area (Å²) in [7, 11) is 1.87. The number of anilines is 3. The molecule has 0 saturated heterocycles. The lowest BCUT2D eigenvalue weighted by molar-refractivity contribution is 0.252. The Morgan fingerprint density at radius 1 is 1.13 bits per heavy atom. The summed E-state index contributed by atoms with van der Waals surface area (Å²) in [6.45, 7) is 2.63. The van der Waals surface area contributed by atoms with Crippen LogP contribution in [0.5, 0.6) is 5.88 Å². The van der Waals surface area contributed by atoms with Crippen LogP contribution in [0, 0.1) is 0 Å². The topological polar surface area (TPSA) is 76.4 Å². The third-order valence-corrected chi connectivity index (χ3v) is 5.29. The number of urea groups is 1. The molecule has 0 bridgehead atoms. The first-order valence-corrected chi connectivity index (χ1v) is 10.2. The Labute approximate surface area is 183 Å². The Bertz CT molecular complexity index is 1290. The molecule has 0 aliphatic carbocycles. The molecular formula is C22H19ClN6O2. The number of amides is 2. The van der Waals surface area contributed by atoms with Gasteiger partial charge < -0.3 is 4.74 Å². The maximum absolute atomic E-state index is 13.7. The molecule has 0 radical (unpaired) electrons. The Morgan fingerprint density at radius 3 is 2.68 bits per heavy atom. The van der Waals surface area contributed by atoms with Crippen LogP contribution in [0.25, 0.3) is 10.9 Å². The van der Waals surface area contributed by atoms with E-state index in [9.17, 15) is 4.79 Å². The molecule has 0 spiro atoms. The van der Waals surface area contributed by atoms with Crippen LogP contribution in [0.4, 0.5) is 22.0 Å². The highest BCUT2D eigenvalue weighted by atomic mass is 35.5. The molecule has 8 nitrogen and oxygen atoms in total. The summed E-state index contributed by atoms with van der Waals surface area (Å²) in [5.41, 5.74) is 2.94. The lowest BCUT2D eigenvalue weighted by atomic mass is 10.1. The lowest BCUT2D eigenvalue weighted by Crippen LogP contribution is -2.45. The van der Waals surface area contributed by atoms with Crippen molar-refractivity contribution in [1.82, 2.24) is 19.7 Å². The van der Waals surface area contributed by atoms with Gasteiger partial charge >= 0.3 is 6.03 Å². The number of carbonyl (C=O) groups excluding carboxylic acids is 1. The minimum atomic E-state index is -0.235. The first-order valence-electron chi connectivity index (χ1n) is 9.83. The molecule has 0 saturated carbocycles. The zero-order chi connectivity index (χ0) is 21.5. The van der Waals surface area contributed by atoms with E-state index < -0.39 is 0 Å². The molecular weight excluding hydrogens is 416 g/mol. The first-order chi connectivity index (χ1) is 15.0. The van der Waals surface area contributed by atoms with Crippen molar-refractivity contribution in [3.05, 3.63) is 65.6 Å². The number of benzene rings is 2. The van der Waals surface area contributed by atoms with Gasteiger partial charge in [-0.15, -0.1) is 0 Å². The number of fused-ring (bicyclic) bond motifs is 2. The molecule has 0 unspecified atom stereocenters. The van der Waals surface area contributed by atoms with Gasteiger partial charge in [0.2, 0.25) is 5.88 Å². The monoisotopic (exact) mass is 434 g/mol. The molecule has 1 aliphatic heterocycles. The third-order valence-electron chi connectivity index (χ3n) is 5.04. The van der Waals surface area contributed by atoms with Gasteiger partial charge in [0.1, 0.15) is 5.69 Å². The Hall–Kier alpha value is -3.65. The van der Waals surface area contributed by atoms with E-state index >= 15 is 0 Å². The van der Waals surface area contributed by atoms with E-state index in [1.54, 1.807) is 40.0 Å². The van der Waals surface area contributed by atoms with Crippen LogP contribution in [0.2, 0.25) is 5.02 Å². The van der Waals surface area contributed by atoms with Crippen LogP contribution < -0.4 is 14.5 Å². The summed E-state index contributed by atoms with van der Waals surface area (Å²) in [5.74, 6) is 0.829. The summed E-state index contributed by atoms with van der Waals surface area (Å²) in [6, 6.07) is 12.6. The van der Waals surface area contributed by atoms with Gasteiger partial charge in [0.25, 0.3) is 0 Å². The highest BCUT2D eigenvalue weighted by molar-refractivity contribution is 6.30. The second-order valence-corrected chi connectivity index (χ2v) is 7.57. The van der Waals surface area contributed by atoms with Gasteiger partial charge in [0, 0.05) is 29.3 Å². The van der Waals surface area contributed by atoms with Crippen LogP contribution in [-0.2, 0) is 13.6 Å². The SMILES string of the molecule is CCOc1cnc2c(n1)N(c1ccc(Cl)cc1)C(=O)N(c1ccc3nn(C)cc3c1)C2. The smallest absolute Gasteiger partial charge is 0.335 e. The maximum atomic E-state index is 13.7. The zero-order valence-electron chi connectivity index (χ0n) is 17.0. The fourth-order valence-corrected chi connectivity index (χ4v) is 3.78. The van der Waals surface area contributed by atoms with Crippen LogP contribution in [0.15, 0.2) is 54.9 Å². The van der Waals surface area contributed by atoms with Crippen molar-refractivity contribution in [3.63, 3.8) is 0 Å². The van der Waals surface area contributed by atoms with Crippen LogP contribution in [0.3, 0.4) is 0 Å². The van der Waals surface area contributed by atoms with Crippen molar-refractivity contribution in [2.45, 2.75) is 13.5 Å². The second kappa shape index (κ2) is 7.55. The van der Waals surface area contributed by atoms with Gasteiger partial charge in [-0.05, 0) is 49.4 Å². The number of ether oxygens (including phenoxy) is 1. The molecule has 3 heterocycles. The van der Waals surface area contributed by atoms with Gasteiger partial charge in [0.05, 0.1) is 30.6 Å². The minimum Gasteiger partial charge on any atom is -0.477 e. The highest BCUT2D eigenvalue weighted by Gasteiger charge is 2.35. The molecule has 9 heteroatoms. The van der Waals surface area contributed by atoms with E-state index in [1.807, 2.05) is 38.4 Å². The summed E-state index contributed by atoms with van der Waals surface area (Å²) < 4.78 is 7.27. The van der Waals surface area contributed by atoms with Crippen molar-refractivity contribution in [2.24, 2.45) is 7.05 Å². The van der Waals surface area contributed by atoms with Crippen molar-refractivity contribution in [3.8, 4) is 5.88 Å². The molecule has 2 aromatic heterocycles. The van der Waals surface area contributed by atoms with Gasteiger partial charge in [-0.1, -0.05) is 11.6 Å². The van der Waals surface area contributed by atoms with Gasteiger partial charge in [0.15, 0.2) is 5.82 Å². The van der Waals surface area contributed by atoms with Crippen molar-refractivity contribution >= 4 is 45.7 Å². The minimum absolute atomic E-state index is 0.235. The Morgan fingerprint density at radius 2 is 1.90 bits per heavy atom. The second-order valence-electron chi connectivity index (χ2n) is 7.14. The maximum Gasteiger partial charge on any atom is 0.335 e. The molecule has 4 aromatic rings. The Kier molecular flexibility index (Phi) is 4.71. The van der Waals surface area contributed by atoms with Crippen molar-refractivity contribution < 1.29 is 9.53 Å². The lowest BCUT2D eigenvalue weighted by Gasteiger charge is -2.35. The summed E-state index contributed by atoms with van der Waals surface area (Å²) >= 11 is 6.07. The molecule has 2 amide bonds. The summed E-state index contributed by atoms with van der Waals surface area (Å²) in [4.78, 5) is 26.0. The number of aryl methyl sites for hydroxylation is 1. The van der Waals surface area contributed by atoms with E-state index in [0.717, 1.165) is 16.6 Å². The largest absolute Gasteiger partial charge is 0.477 e. The number of halogens is 1. The van der Waals surface area contributed by atoms with Crippen molar-refractivity contribution in [2.75, 3.05) is 16.4 Å².